The van der Waals surface area contributed by atoms with Gasteiger partial charge in [-0.05, 0) is 59.9 Å². The van der Waals surface area contributed by atoms with Crippen LogP contribution in [0.15, 0.2) is 0 Å². The van der Waals surface area contributed by atoms with Crippen LogP contribution in [0.1, 0.15) is 32.6 Å². The molecule has 1 saturated heterocycles. The largest absolute Gasteiger partial charge is 0.309 e. The first-order valence-electron chi connectivity index (χ1n) is 5.59. The van der Waals surface area contributed by atoms with Crippen LogP contribution in [-0.4, -0.2) is 49.6 Å². The second-order valence-corrected chi connectivity index (χ2v) is 4.54. The van der Waals surface area contributed by atoms with E-state index in [-0.39, 0.29) is 0 Å². The van der Waals surface area contributed by atoms with E-state index in [1.165, 1.54) is 45.3 Å². The molecule has 0 aromatic carbocycles. The molecular formula is C11H24N2. The molecule has 0 N–H and O–H groups in total. The van der Waals surface area contributed by atoms with Crippen molar-refractivity contribution in [1.29, 1.82) is 0 Å². The van der Waals surface area contributed by atoms with Crippen molar-refractivity contribution in [3.05, 3.63) is 0 Å². The summed E-state index contributed by atoms with van der Waals surface area (Å²) in [6.07, 6.45) is 5.57. The summed E-state index contributed by atoms with van der Waals surface area (Å²) < 4.78 is 0. The van der Waals surface area contributed by atoms with Crippen LogP contribution in [0.25, 0.3) is 0 Å². The van der Waals surface area contributed by atoms with Crippen LogP contribution in [0.4, 0.5) is 0 Å². The minimum Gasteiger partial charge on any atom is -0.309 e. The fraction of sp³-hybridized carbons (Fsp3) is 1.00. The van der Waals surface area contributed by atoms with Crippen LogP contribution < -0.4 is 0 Å². The Morgan fingerprint density at radius 1 is 1.15 bits per heavy atom. The highest BCUT2D eigenvalue weighted by Gasteiger charge is 2.15. The Bertz CT molecular complexity index is 128. The topological polar surface area (TPSA) is 6.48 Å². The molecule has 1 unspecified atom stereocenters. The molecule has 1 atom stereocenters. The lowest BCUT2D eigenvalue weighted by molar-refractivity contribution is 0.158. The molecule has 1 fully saturated rings. The molecule has 0 bridgehead atoms. The van der Waals surface area contributed by atoms with E-state index in [0.717, 1.165) is 6.04 Å². The van der Waals surface area contributed by atoms with Crippen molar-refractivity contribution >= 4 is 0 Å². The molecule has 0 radical (unpaired) electrons. The third-order valence-electron chi connectivity index (χ3n) is 3.01. The summed E-state index contributed by atoms with van der Waals surface area (Å²) in [5.74, 6) is 0. The number of piperidine rings is 1. The maximum atomic E-state index is 2.65. The van der Waals surface area contributed by atoms with Crippen LogP contribution in [0, 0.1) is 0 Å². The summed E-state index contributed by atoms with van der Waals surface area (Å²) in [7, 11) is 4.31. The van der Waals surface area contributed by atoms with E-state index in [1.54, 1.807) is 0 Å². The second-order valence-electron chi connectivity index (χ2n) is 4.54. The molecule has 2 nitrogen and oxygen atoms in total. The Labute approximate surface area is 82.9 Å². The van der Waals surface area contributed by atoms with Crippen LogP contribution in [-0.2, 0) is 0 Å². The molecule has 1 aliphatic rings. The van der Waals surface area contributed by atoms with E-state index in [4.69, 9.17) is 0 Å². The van der Waals surface area contributed by atoms with Crippen LogP contribution in [0.2, 0.25) is 0 Å². The van der Waals surface area contributed by atoms with Gasteiger partial charge in [-0.25, -0.2) is 0 Å². The van der Waals surface area contributed by atoms with Gasteiger partial charge in [0.2, 0.25) is 0 Å². The van der Waals surface area contributed by atoms with Crippen LogP contribution in [0.5, 0.6) is 0 Å². The van der Waals surface area contributed by atoms with Crippen molar-refractivity contribution < 1.29 is 0 Å². The third kappa shape index (κ3) is 4.10. The summed E-state index contributed by atoms with van der Waals surface area (Å²) in [4.78, 5) is 4.92. The molecule has 2 heteroatoms. The zero-order valence-corrected chi connectivity index (χ0v) is 9.42. The molecule has 0 aliphatic carbocycles. The Balaban J connectivity index is 2.17. The second kappa shape index (κ2) is 5.61. The van der Waals surface area contributed by atoms with Gasteiger partial charge < -0.3 is 9.80 Å². The van der Waals surface area contributed by atoms with E-state index in [2.05, 4.69) is 30.8 Å². The molecule has 1 heterocycles. The normalized spacial score (nSPS) is 22.2. The zero-order chi connectivity index (χ0) is 9.68. The van der Waals surface area contributed by atoms with Crippen molar-refractivity contribution in [3.8, 4) is 0 Å². The van der Waals surface area contributed by atoms with Crippen LogP contribution >= 0.6 is 0 Å². The smallest absolute Gasteiger partial charge is 0.00790 e. The summed E-state index contributed by atoms with van der Waals surface area (Å²) in [5, 5.41) is 0. The molecule has 1 rings (SSSR count). The average molecular weight is 184 g/mol. The quantitative estimate of drug-likeness (QED) is 0.657. The lowest BCUT2D eigenvalue weighted by Crippen LogP contribution is -2.38. The van der Waals surface area contributed by atoms with Gasteiger partial charge in [0.05, 0.1) is 0 Å². The molecule has 0 aromatic heterocycles. The first kappa shape index (κ1) is 11.0. The minimum atomic E-state index is 0.780. The maximum absolute atomic E-state index is 2.65. The first-order valence-corrected chi connectivity index (χ1v) is 5.59. The third-order valence-corrected chi connectivity index (χ3v) is 3.01. The van der Waals surface area contributed by atoms with E-state index >= 15 is 0 Å². The number of nitrogens with zero attached hydrogens (tertiary/aromatic N) is 2. The fourth-order valence-electron chi connectivity index (χ4n) is 1.99. The van der Waals surface area contributed by atoms with Crippen molar-refractivity contribution in [2.45, 2.75) is 38.6 Å². The maximum Gasteiger partial charge on any atom is 0.00790 e. The standard InChI is InChI=1S/C11H24N2/c1-11(7-10-12(2)3)13-8-5-4-6-9-13/h11H,4-10H2,1-3H3. The van der Waals surface area contributed by atoms with E-state index < -0.39 is 0 Å². The van der Waals surface area contributed by atoms with Gasteiger partial charge in [0.25, 0.3) is 0 Å². The van der Waals surface area contributed by atoms with Gasteiger partial charge in [0.15, 0.2) is 0 Å². The Morgan fingerprint density at radius 2 is 1.77 bits per heavy atom. The van der Waals surface area contributed by atoms with Gasteiger partial charge >= 0.3 is 0 Å². The molecule has 1 aliphatic heterocycles. The van der Waals surface area contributed by atoms with E-state index in [1.807, 2.05) is 0 Å². The first-order chi connectivity index (χ1) is 6.20. The van der Waals surface area contributed by atoms with Gasteiger partial charge in [0.1, 0.15) is 0 Å². The molecule has 0 aromatic rings. The molecule has 0 amide bonds. The van der Waals surface area contributed by atoms with Gasteiger partial charge in [-0.15, -0.1) is 0 Å². The highest BCUT2D eigenvalue weighted by Crippen LogP contribution is 2.13. The van der Waals surface area contributed by atoms with Gasteiger partial charge in [0, 0.05) is 6.04 Å². The lowest BCUT2D eigenvalue weighted by atomic mass is 10.1. The monoisotopic (exact) mass is 184 g/mol. The Hall–Kier alpha value is -0.0800. The van der Waals surface area contributed by atoms with Crippen molar-refractivity contribution in [2.24, 2.45) is 0 Å². The number of rotatable bonds is 4. The van der Waals surface area contributed by atoms with E-state index in [0.29, 0.717) is 0 Å². The predicted molar refractivity (Wildman–Crippen MR) is 58.1 cm³/mol. The van der Waals surface area contributed by atoms with Gasteiger partial charge in [-0.3, -0.25) is 0 Å². The molecule has 0 spiro atoms. The summed E-state index contributed by atoms with van der Waals surface area (Å²) in [5.41, 5.74) is 0. The Kier molecular flexibility index (Phi) is 4.74. The van der Waals surface area contributed by atoms with Gasteiger partial charge in [-0.1, -0.05) is 6.42 Å². The fourth-order valence-corrected chi connectivity index (χ4v) is 1.99. The van der Waals surface area contributed by atoms with Crippen LogP contribution in [0.3, 0.4) is 0 Å². The summed E-state index contributed by atoms with van der Waals surface area (Å²) in [6.45, 7) is 6.25. The molecular weight excluding hydrogens is 160 g/mol. The zero-order valence-electron chi connectivity index (χ0n) is 9.42. The predicted octanol–water partition coefficient (Wildman–Crippen LogP) is 1.81. The molecule has 78 valence electrons. The van der Waals surface area contributed by atoms with Crippen molar-refractivity contribution in [3.63, 3.8) is 0 Å². The van der Waals surface area contributed by atoms with Crippen molar-refractivity contribution in [2.75, 3.05) is 33.7 Å². The molecule has 13 heavy (non-hydrogen) atoms. The highest BCUT2D eigenvalue weighted by atomic mass is 15.2. The summed E-state index contributed by atoms with van der Waals surface area (Å²) in [6, 6.07) is 0.780. The summed E-state index contributed by atoms with van der Waals surface area (Å²) >= 11 is 0. The van der Waals surface area contributed by atoms with Gasteiger partial charge in [-0.2, -0.15) is 0 Å². The highest BCUT2D eigenvalue weighted by molar-refractivity contribution is 4.71. The average Bonchev–Trinajstić information content (AvgIpc) is 2.15. The SMILES string of the molecule is CC(CCN(C)C)N1CCCCC1. The van der Waals surface area contributed by atoms with E-state index in [9.17, 15) is 0 Å². The Morgan fingerprint density at radius 3 is 2.31 bits per heavy atom. The number of hydrogen-bond donors (Lipinski definition) is 0. The number of likely N-dealkylation sites (tertiary alicyclic amines) is 1. The van der Waals surface area contributed by atoms with Crippen molar-refractivity contribution in [1.82, 2.24) is 9.80 Å². The molecule has 0 saturated carbocycles. The lowest BCUT2D eigenvalue weighted by Gasteiger charge is -2.32. The minimum absolute atomic E-state index is 0.780. The number of hydrogen-bond acceptors (Lipinski definition) is 2.